The zero-order chi connectivity index (χ0) is 13.3. The van der Waals surface area contributed by atoms with Crippen LogP contribution in [-0.2, 0) is 0 Å². The average molecular weight is 264 g/mol. The predicted molar refractivity (Wildman–Crippen MR) is 69.0 cm³/mol. The van der Waals surface area contributed by atoms with Crippen LogP contribution < -0.4 is 4.74 Å². The van der Waals surface area contributed by atoms with Gasteiger partial charge in [0.2, 0.25) is 0 Å². The van der Waals surface area contributed by atoms with E-state index in [1.165, 1.54) is 7.11 Å². The quantitative estimate of drug-likeness (QED) is 0.784. The Kier molecular flexibility index (Phi) is 3.32. The van der Waals surface area contributed by atoms with Crippen LogP contribution in [0.2, 0.25) is 5.02 Å². The molecular formula is C14H14ClNO2. The second-order valence-electron chi connectivity index (χ2n) is 4.68. The van der Waals surface area contributed by atoms with Crippen LogP contribution >= 0.6 is 11.6 Å². The van der Waals surface area contributed by atoms with Crippen molar-refractivity contribution in [1.82, 2.24) is 0 Å². The molecule has 1 saturated carbocycles. The van der Waals surface area contributed by atoms with Gasteiger partial charge in [0.05, 0.1) is 18.2 Å². The first-order valence-electron chi connectivity index (χ1n) is 5.84. The molecule has 0 saturated heterocycles. The molecule has 0 bridgehead atoms. The van der Waals surface area contributed by atoms with Gasteiger partial charge in [-0.1, -0.05) is 11.6 Å². The number of nitrogens with zero attached hydrogens (tertiary/aromatic N) is 1. The van der Waals surface area contributed by atoms with E-state index in [2.05, 4.69) is 6.07 Å². The number of benzene rings is 1. The molecule has 4 heteroatoms. The number of carbonyl (C=O) groups is 1. The summed E-state index contributed by atoms with van der Waals surface area (Å²) in [6.07, 6.45) is 2.22. The van der Waals surface area contributed by atoms with Crippen molar-refractivity contribution in [3.63, 3.8) is 0 Å². The van der Waals surface area contributed by atoms with E-state index in [0.717, 1.165) is 12.0 Å². The number of carbonyl (C=O) groups excluding carboxylic acids is 1. The van der Waals surface area contributed by atoms with Crippen molar-refractivity contribution in [2.45, 2.75) is 26.2 Å². The summed E-state index contributed by atoms with van der Waals surface area (Å²) >= 11 is 6.04. The summed E-state index contributed by atoms with van der Waals surface area (Å²) in [5, 5.41) is 9.60. The SMILES string of the molecule is COc1cc(C)c(C(=O)C2(C#N)CCC2)cc1Cl. The van der Waals surface area contributed by atoms with E-state index in [0.29, 0.717) is 29.2 Å². The summed E-state index contributed by atoms with van der Waals surface area (Å²) in [5.41, 5.74) is 0.493. The Morgan fingerprint density at radius 2 is 2.17 bits per heavy atom. The Balaban J connectivity index is 2.43. The van der Waals surface area contributed by atoms with Gasteiger partial charge in [-0.2, -0.15) is 5.26 Å². The molecule has 0 N–H and O–H groups in total. The van der Waals surface area contributed by atoms with Crippen molar-refractivity contribution < 1.29 is 9.53 Å². The molecule has 0 radical (unpaired) electrons. The smallest absolute Gasteiger partial charge is 0.183 e. The van der Waals surface area contributed by atoms with Crippen LogP contribution in [0.25, 0.3) is 0 Å². The van der Waals surface area contributed by atoms with Crippen molar-refractivity contribution >= 4 is 17.4 Å². The Morgan fingerprint density at radius 3 is 2.61 bits per heavy atom. The third-order valence-electron chi connectivity index (χ3n) is 3.60. The standard InChI is InChI=1S/C14H14ClNO2/c1-9-6-12(18-2)11(15)7-10(9)13(17)14(8-16)4-3-5-14/h6-7H,3-5H2,1-2H3. The fourth-order valence-electron chi connectivity index (χ4n) is 2.23. The van der Waals surface area contributed by atoms with Crippen LogP contribution in [0.1, 0.15) is 35.2 Å². The molecule has 0 aromatic heterocycles. The molecule has 0 heterocycles. The van der Waals surface area contributed by atoms with E-state index < -0.39 is 5.41 Å². The largest absolute Gasteiger partial charge is 0.495 e. The summed E-state index contributed by atoms with van der Waals surface area (Å²) < 4.78 is 5.10. The highest BCUT2D eigenvalue weighted by Crippen LogP contribution is 2.44. The minimum Gasteiger partial charge on any atom is -0.495 e. The van der Waals surface area contributed by atoms with E-state index >= 15 is 0 Å². The van der Waals surface area contributed by atoms with Gasteiger partial charge in [-0.15, -0.1) is 0 Å². The molecule has 94 valence electrons. The molecule has 0 amide bonds. The van der Waals surface area contributed by atoms with Crippen LogP contribution in [0.3, 0.4) is 0 Å². The zero-order valence-corrected chi connectivity index (χ0v) is 11.2. The zero-order valence-electron chi connectivity index (χ0n) is 10.4. The van der Waals surface area contributed by atoms with Crippen molar-refractivity contribution in [2.24, 2.45) is 5.41 Å². The van der Waals surface area contributed by atoms with Gasteiger partial charge in [-0.05, 0) is 43.9 Å². The normalized spacial score (nSPS) is 16.6. The molecular weight excluding hydrogens is 250 g/mol. The third kappa shape index (κ3) is 1.87. The maximum atomic E-state index is 12.4. The van der Waals surface area contributed by atoms with E-state index in [1.54, 1.807) is 12.1 Å². The van der Waals surface area contributed by atoms with Gasteiger partial charge in [0, 0.05) is 5.56 Å². The van der Waals surface area contributed by atoms with Gasteiger partial charge in [0.15, 0.2) is 5.78 Å². The molecule has 18 heavy (non-hydrogen) atoms. The molecule has 0 unspecified atom stereocenters. The lowest BCUT2D eigenvalue weighted by Gasteiger charge is -2.33. The summed E-state index contributed by atoms with van der Waals surface area (Å²) in [4.78, 5) is 12.4. The number of aryl methyl sites for hydroxylation is 1. The summed E-state index contributed by atoms with van der Waals surface area (Å²) in [6, 6.07) is 5.51. The maximum Gasteiger partial charge on any atom is 0.183 e. The van der Waals surface area contributed by atoms with Crippen molar-refractivity contribution in [3.05, 3.63) is 28.3 Å². The highest BCUT2D eigenvalue weighted by molar-refractivity contribution is 6.32. The van der Waals surface area contributed by atoms with Gasteiger partial charge in [0.1, 0.15) is 11.2 Å². The topological polar surface area (TPSA) is 50.1 Å². The molecule has 0 spiro atoms. The van der Waals surface area contributed by atoms with Crippen molar-refractivity contribution in [3.8, 4) is 11.8 Å². The molecule has 1 fully saturated rings. The van der Waals surface area contributed by atoms with Crippen LogP contribution in [0.5, 0.6) is 5.75 Å². The highest BCUT2D eigenvalue weighted by atomic mass is 35.5. The van der Waals surface area contributed by atoms with E-state index in [4.69, 9.17) is 16.3 Å². The number of ketones is 1. The number of ether oxygens (including phenoxy) is 1. The first kappa shape index (κ1) is 12.9. The summed E-state index contributed by atoms with van der Waals surface area (Å²) in [6.45, 7) is 1.83. The first-order valence-corrected chi connectivity index (χ1v) is 6.22. The van der Waals surface area contributed by atoms with E-state index in [-0.39, 0.29) is 5.78 Å². The van der Waals surface area contributed by atoms with Crippen LogP contribution in [-0.4, -0.2) is 12.9 Å². The monoisotopic (exact) mass is 263 g/mol. The highest BCUT2D eigenvalue weighted by Gasteiger charge is 2.45. The number of rotatable bonds is 3. The molecule has 1 aliphatic carbocycles. The number of halogens is 1. The first-order chi connectivity index (χ1) is 8.54. The number of methoxy groups -OCH3 is 1. The lowest BCUT2D eigenvalue weighted by atomic mass is 9.65. The van der Waals surface area contributed by atoms with Gasteiger partial charge >= 0.3 is 0 Å². The van der Waals surface area contributed by atoms with Gasteiger partial charge < -0.3 is 4.74 Å². The van der Waals surface area contributed by atoms with E-state index in [1.807, 2.05) is 6.92 Å². The number of Topliss-reactive ketones (excluding diaryl/α,β-unsaturated/α-hetero) is 1. The number of nitriles is 1. The Hall–Kier alpha value is -1.53. The summed E-state index contributed by atoms with van der Waals surface area (Å²) in [7, 11) is 1.53. The third-order valence-corrected chi connectivity index (χ3v) is 3.89. The maximum absolute atomic E-state index is 12.4. The Morgan fingerprint density at radius 1 is 1.50 bits per heavy atom. The molecule has 0 aliphatic heterocycles. The van der Waals surface area contributed by atoms with E-state index in [9.17, 15) is 10.1 Å². The Bertz CT molecular complexity index is 541. The molecule has 1 aliphatic rings. The second-order valence-corrected chi connectivity index (χ2v) is 5.09. The Labute approximate surface area is 111 Å². The van der Waals surface area contributed by atoms with Crippen LogP contribution in [0, 0.1) is 23.7 Å². The predicted octanol–water partition coefficient (Wildman–Crippen LogP) is 3.53. The molecule has 1 aromatic rings. The fraction of sp³-hybridized carbons (Fsp3) is 0.429. The number of hydrogen-bond donors (Lipinski definition) is 0. The second kappa shape index (κ2) is 4.62. The average Bonchev–Trinajstić information content (AvgIpc) is 2.30. The summed E-state index contributed by atoms with van der Waals surface area (Å²) in [5.74, 6) is 0.434. The molecule has 1 aromatic carbocycles. The minimum atomic E-state index is -0.831. The van der Waals surface area contributed by atoms with Gasteiger partial charge in [0.25, 0.3) is 0 Å². The molecule has 3 nitrogen and oxygen atoms in total. The minimum absolute atomic E-state index is 0.113. The number of hydrogen-bond acceptors (Lipinski definition) is 3. The molecule has 2 rings (SSSR count). The fourth-order valence-corrected chi connectivity index (χ4v) is 2.47. The van der Waals surface area contributed by atoms with Crippen molar-refractivity contribution in [1.29, 1.82) is 5.26 Å². The van der Waals surface area contributed by atoms with Crippen molar-refractivity contribution in [2.75, 3.05) is 7.11 Å². The molecule has 0 atom stereocenters. The lowest BCUT2D eigenvalue weighted by molar-refractivity contribution is 0.0748. The van der Waals surface area contributed by atoms with Crippen LogP contribution in [0.4, 0.5) is 0 Å². The van der Waals surface area contributed by atoms with Gasteiger partial charge in [-0.3, -0.25) is 4.79 Å². The lowest BCUT2D eigenvalue weighted by Crippen LogP contribution is -2.36. The van der Waals surface area contributed by atoms with Crippen LogP contribution in [0.15, 0.2) is 12.1 Å². The van der Waals surface area contributed by atoms with Gasteiger partial charge in [-0.25, -0.2) is 0 Å².